The Hall–Kier alpha value is -1.88. The largest absolute Gasteiger partial charge is 0.384 e. The first kappa shape index (κ1) is 16.2. The summed E-state index contributed by atoms with van der Waals surface area (Å²) in [5, 5.41) is 5.61. The average Bonchev–Trinajstić information content (AvgIpc) is 2.44. The monoisotopic (exact) mass is 278 g/mol. The van der Waals surface area contributed by atoms with E-state index in [1.54, 1.807) is 19.2 Å². The van der Waals surface area contributed by atoms with Crippen molar-refractivity contribution in [3.63, 3.8) is 0 Å². The van der Waals surface area contributed by atoms with E-state index in [2.05, 4.69) is 10.6 Å². The molecule has 1 rings (SSSR count). The van der Waals surface area contributed by atoms with Gasteiger partial charge in [-0.1, -0.05) is 13.0 Å². The van der Waals surface area contributed by atoms with Crippen molar-refractivity contribution >= 4 is 17.5 Å². The van der Waals surface area contributed by atoms with Crippen molar-refractivity contribution in [3.8, 4) is 0 Å². The van der Waals surface area contributed by atoms with Crippen molar-refractivity contribution in [2.45, 2.75) is 26.7 Å². The summed E-state index contributed by atoms with van der Waals surface area (Å²) in [6.45, 7) is 4.90. The van der Waals surface area contributed by atoms with Gasteiger partial charge in [0.1, 0.15) is 0 Å². The molecule has 0 heterocycles. The van der Waals surface area contributed by atoms with Crippen LogP contribution < -0.4 is 10.6 Å². The van der Waals surface area contributed by atoms with E-state index >= 15 is 0 Å². The number of methoxy groups -OCH3 is 1. The van der Waals surface area contributed by atoms with Crippen LogP contribution in [0.2, 0.25) is 0 Å². The fourth-order valence-electron chi connectivity index (χ4n) is 1.65. The lowest BCUT2D eigenvalue weighted by Crippen LogP contribution is -2.24. The van der Waals surface area contributed by atoms with E-state index in [-0.39, 0.29) is 11.8 Å². The number of carbonyl (C=O) groups excluding carboxylic acids is 2. The molecule has 1 aromatic rings. The highest BCUT2D eigenvalue weighted by atomic mass is 16.5. The smallest absolute Gasteiger partial charge is 0.251 e. The van der Waals surface area contributed by atoms with Gasteiger partial charge in [-0.3, -0.25) is 9.59 Å². The number of hydrogen-bond acceptors (Lipinski definition) is 3. The van der Waals surface area contributed by atoms with Crippen LogP contribution in [0.5, 0.6) is 0 Å². The van der Waals surface area contributed by atoms with Gasteiger partial charge >= 0.3 is 0 Å². The Morgan fingerprint density at radius 3 is 2.70 bits per heavy atom. The maximum absolute atomic E-state index is 11.9. The van der Waals surface area contributed by atoms with Crippen LogP contribution in [0.1, 0.15) is 35.7 Å². The fraction of sp³-hybridized carbons (Fsp3) is 0.467. The van der Waals surface area contributed by atoms with Gasteiger partial charge in [0.2, 0.25) is 5.91 Å². The molecule has 110 valence electrons. The molecule has 0 unspecified atom stereocenters. The molecule has 0 saturated heterocycles. The van der Waals surface area contributed by atoms with E-state index in [0.717, 1.165) is 12.0 Å². The third-order valence-corrected chi connectivity index (χ3v) is 2.84. The zero-order valence-corrected chi connectivity index (χ0v) is 12.3. The van der Waals surface area contributed by atoms with Crippen molar-refractivity contribution in [1.82, 2.24) is 5.32 Å². The van der Waals surface area contributed by atoms with Crippen LogP contribution >= 0.6 is 0 Å². The van der Waals surface area contributed by atoms with Crippen molar-refractivity contribution in [2.24, 2.45) is 0 Å². The number of ether oxygens (including phenoxy) is 1. The molecular formula is C15H22N2O3. The highest BCUT2D eigenvalue weighted by Crippen LogP contribution is 2.17. The van der Waals surface area contributed by atoms with Crippen LogP contribution in [-0.2, 0) is 9.53 Å². The first-order chi connectivity index (χ1) is 9.58. The third-order valence-electron chi connectivity index (χ3n) is 2.84. The summed E-state index contributed by atoms with van der Waals surface area (Å²) in [4.78, 5) is 23.6. The van der Waals surface area contributed by atoms with Gasteiger partial charge in [0.25, 0.3) is 5.91 Å². The van der Waals surface area contributed by atoms with Gasteiger partial charge in [-0.15, -0.1) is 0 Å². The van der Waals surface area contributed by atoms with Gasteiger partial charge in [-0.05, 0) is 31.0 Å². The van der Waals surface area contributed by atoms with E-state index in [1.165, 1.54) is 0 Å². The number of benzene rings is 1. The van der Waals surface area contributed by atoms with Crippen molar-refractivity contribution < 1.29 is 14.3 Å². The number of aryl methyl sites for hydroxylation is 1. The predicted octanol–water partition coefficient (Wildman–Crippen LogP) is 2.11. The quantitative estimate of drug-likeness (QED) is 0.802. The SMILES string of the molecule is CCCNC(=O)c1ccc(C)c(NC(=O)CCOC)c1. The molecule has 0 aliphatic rings. The Balaban J connectivity index is 2.75. The molecule has 2 amide bonds. The average molecular weight is 278 g/mol. The molecule has 0 aromatic heterocycles. The van der Waals surface area contributed by atoms with Gasteiger partial charge in [0, 0.05) is 24.9 Å². The molecule has 0 aliphatic carbocycles. The van der Waals surface area contributed by atoms with Gasteiger partial charge in [0.05, 0.1) is 13.0 Å². The highest BCUT2D eigenvalue weighted by Gasteiger charge is 2.09. The van der Waals surface area contributed by atoms with Crippen LogP contribution in [0.15, 0.2) is 18.2 Å². The van der Waals surface area contributed by atoms with E-state index in [9.17, 15) is 9.59 Å². The lowest BCUT2D eigenvalue weighted by atomic mass is 10.1. The fourth-order valence-corrected chi connectivity index (χ4v) is 1.65. The Morgan fingerprint density at radius 2 is 2.05 bits per heavy atom. The van der Waals surface area contributed by atoms with E-state index in [0.29, 0.717) is 30.8 Å². The van der Waals surface area contributed by atoms with E-state index < -0.39 is 0 Å². The van der Waals surface area contributed by atoms with E-state index in [4.69, 9.17) is 4.74 Å². The minimum Gasteiger partial charge on any atom is -0.384 e. The second kappa shape index (κ2) is 8.32. The Labute approximate surface area is 119 Å². The van der Waals surface area contributed by atoms with Crippen molar-refractivity contribution in [1.29, 1.82) is 0 Å². The Bertz CT molecular complexity index is 472. The van der Waals surface area contributed by atoms with Crippen LogP contribution in [0, 0.1) is 6.92 Å². The summed E-state index contributed by atoms with van der Waals surface area (Å²) < 4.78 is 4.86. The molecule has 5 heteroatoms. The van der Waals surface area contributed by atoms with E-state index in [1.807, 2.05) is 19.9 Å². The van der Waals surface area contributed by atoms with Gasteiger partial charge in [-0.25, -0.2) is 0 Å². The Morgan fingerprint density at radius 1 is 1.30 bits per heavy atom. The highest BCUT2D eigenvalue weighted by molar-refractivity contribution is 5.97. The van der Waals surface area contributed by atoms with Crippen LogP contribution in [0.4, 0.5) is 5.69 Å². The van der Waals surface area contributed by atoms with Crippen LogP contribution in [0.25, 0.3) is 0 Å². The summed E-state index contributed by atoms with van der Waals surface area (Å²) in [7, 11) is 1.55. The van der Waals surface area contributed by atoms with Gasteiger partial charge in [-0.2, -0.15) is 0 Å². The van der Waals surface area contributed by atoms with Crippen LogP contribution in [-0.4, -0.2) is 32.1 Å². The minimum atomic E-state index is -0.126. The normalized spacial score (nSPS) is 10.2. The zero-order chi connectivity index (χ0) is 15.0. The molecule has 0 fully saturated rings. The number of carbonyl (C=O) groups is 2. The molecule has 0 radical (unpaired) electrons. The summed E-state index contributed by atoms with van der Waals surface area (Å²) in [5.74, 6) is -0.250. The summed E-state index contributed by atoms with van der Waals surface area (Å²) >= 11 is 0. The topological polar surface area (TPSA) is 67.4 Å². The molecule has 0 aliphatic heterocycles. The van der Waals surface area contributed by atoms with Crippen molar-refractivity contribution in [3.05, 3.63) is 29.3 Å². The third kappa shape index (κ3) is 5.01. The number of anilines is 1. The number of hydrogen-bond donors (Lipinski definition) is 2. The second-order valence-corrected chi connectivity index (χ2v) is 4.58. The lowest BCUT2D eigenvalue weighted by molar-refractivity contribution is -0.117. The number of rotatable bonds is 7. The first-order valence-corrected chi connectivity index (χ1v) is 6.76. The molecule has 0 saturated carbocycles. The van der Waals surface area contributed by atoms with Gasteiger partial charge < -0.3 is 15.4 Å². The minimum absolute atomic E-state index is 0.124. The molecule has 0 atom stereocenters. The van der Waals surface area contributed by atoms with Crippen molar-refractivity contribution in [2.75, 3.05) is 25.6 Å². The molecular weight excluding hydrogens is 256 g/mol. The maximum atomic E-state index is 11.9. The Kier molecular flexibility index (Phi) is 6.73. The maximum Gasteiger partial charge on any atom is 0.251 e. The first-order valence-electron chi connectivity index (χ1n) is 6.76. The number of nitrogens with one attached hydrogen (secondary N) is 2. The summed E-state index contributed by atoms with van der Waals surface area (Å²) in [5.41, 5.74) is 2.13. The van der Waals surface area contributed by atoms with Gasteiger partial charge in [0.15, 0.2) is 0 Å². The molecule has 0 spiro atoms. The predicted molar refractivity (Wildman–Crippen MR) is 78.9 cm³/mol. The number of amides is 2. The standard InChI is InChI=1S/C15H22N2O3/c1-4-8-16-15(19)12-6-5-11(2)13(10-12)17-14(18)7-9-20-3/h5-6,10H,4,7-9H2,1-3H3,(H,16,19)(H,17,18). The molecule has 0 bridgehead atoms. The molecule has 1 aromatic carbocycles. The van der Waals surface area contributed by atoms with Crippen LogP contribution in [0.3, 0.4) is 0 Å². The zero-order valence-electron chi connectivity index (χ0n) is 12.3. The lowest BCUT2D eigenvalue weighted by Gasteiger charge is -2.10. The summed E-state index contributed by atoms with van der Waals surface area (Å²) in [6.07, 6.45) is 1.18. The summed E-state index contributed by atoms with van der Waals surface area (Å²) in [6, 6.07) is 5.28. The molecule has 20 heavy (non-hydrogen) atoms. The molecule has 2 N–H and O–H groups in total. The molecule has 5 nitrogen and oxygen atoms in total. The second-order valence-electron chi connectivity index (χ2n) is 4.58.